The van der Waals surface area contributed by atoms with Gasteiger partial charge in [0.2, 0.25) is 0 Å². The minimum Gasteiger partial charge on any atom is -0.371 e. The van der Waals surface area contributed by atoms with Crippen LogP contribution in [0.3, 0.4) is 0 Å². The largest absolute Gasteiger partial charge is 0.371 e. The van der Waals surface area contributed by atoms with E-state index in [-0.39, 0.29) is 5.82 Å². The first-order valence-electron chi connectivity index (χ1n) is 5.70. The van der Waals surface area contributed by atoms with Gasteiger partial charge in [0.15, 0.2) is 0 Å². The zero-order valence-electron chi connectivity index (χ0n) is 10.5. The molecule has 0 radical (unpaired) electrons. The molecule has 17 heavy (non-hydrogen) atoms. The Balaban J connectivity index is 2.97. The SMILES string of the molecule is CCC(CSC)N(C)c1ccc(F)cc1CBr. The first-order valence-corrected chi connectivity index (χ1v) is 8.21. The maximum absolute atomic E-state index is 13.2. The van der Waals surface area contributed by atoms with Crippen molar-refractivity contribution in [2.45, 2.75) is 24.7 Å². The minimum absolute atomic E-state index is 0.172. The summed E-state index contributed by atoms with van der Waals surface area (Å²) in [7, 11) is 2.09. The molecule has 1 rings (SSSR count). The highest BCUT2D eigenvalue weighted by molar-refractivity contribution is 9.08. The first-order chi connectivity index (χ1) is 8.13. The summed E-state index contributed by atoms with van der Waals surface area (Å²) in [6.07, 6.45) is 3.21. The molecular weight excluding hydrogens is 301 g/mol. The van der Waals surface area contributed by atoms with Gasteiger partial charge < -0.3 is 4.90 Å². The Bertz CT molecular complexity index is 359. The smallest absolute Gasteiger partial charge is 0.123 e. The number of thioether (sulfide) groups is 1. The van der Waals surface area contributed by atoms with Crippen LogP contribution in [0.4, 0.5) is 10.1 Å². The summed E-state index contributed by atoms with van der Waals surface area (Å²) in [4.78, 5) is 2.26. The van der Waals surface area contributed by atoms with Crippen LogP contribution in [-0.2, 0) is 5.33 Å². The Morgan fingerprint density at radius 1 is 1.47 bits per heavy atom. The van der Waals surface area contributed by atoms with E-state index < -0.39 is 0 Å². The second-order valence-corrected chi connectivity index (χ2v) is 5.51. The third-order valence-corrected chi connectivity index (χ3v) is 4.27. The lowest BCUT2D eigenvalue weighted by atomic mass is 10.1. The van der Waals surface area contributed by atoms with Crippen LogP contribution in [0, 0.1) is 5.82 Å². The summed E-state index contributed by atoms with van der Waals surface area (Å²) >= 11 is 5.27. The van der Waals surface area contributed by atoms with E-state index in [1.54, 1.807) is 6.07 Å². The van der Waals surface area contributed by atoms with Crippen molar-refractivity contribution in [1.82, 2.24) is 0 Å². The number of rotatable bonds is 6. The molecule has 1 unspecified atom stereocenters. The lowest BCUT2D eigenvalue weighted by molar-refractivity contribution is 0.624. The summed E-state index contributed by atoms with van der Waals surface area (Å²) in [6, 6.07) is 5.50. The number of anilines is 1. The second kappa shape index (κ2) is 7.27. The third-order valence-electron chi connectivity index (χ3n) is 2.94. The number of halogens is 2. The molecule has 0 spiro atoms. The molecular formula is C13H19BrFNS. The summed E-state index contributed by atoms with van der Waals surface area (Å²) in [5.74, 6) is 0.918. The number of benzene rings is 1. The fourth-order valence-electron chi connectivity index (χ4n) is 1.90. The standard InChI is InChI=1S/C13H19BrFNS/c1-4-12(9-17-3)16(2)13-6-5-11(15)7-10(13)8-14/h5-7,12H,4,8-9H2,1-3H3. The van der Waals surface area contributed by atoms with Gasteiger partial charge in [-0.05, 0) is 36.4 Å². The highest BCUT2D eigenvalue weighted by atomic mass is 79.9. The van der Waals surface area contributed by atoms with Gasteiger partial charge in [0.1, 0.15) is 5.82 Å². The van der Waals surface area contributed by atoms with Crippen molar-refractivity contribution < 1.29 is 4.39 Å². The quantitative estimate of drug-likeness (QED) is 0.719. The van der Waals surface area contributed by atoms with E-state index in [4.69, 9.17) is 0 Å². The zero-order valence-corrected chi connectivity index (χ0v) is 12.9. The predicted octanol–water partition coefficient (Wildman–Crippen LogP) is 4.30. The van der Waals surface area contributed by atoms with E-state index in [2.05, 4.69) is 41.1 Å². The van der Waals surface area contributed by atoms with Crippen LogP contribution in [0.15, 0.2) is 18.2 Å². The molecule has 96 valence electrons. The van der Waals surface area contributed by atoms with Crippen molar-refractivity contribution in [3.05, 3.63) is 29.6 Å². The Kier molecular flexibility index (Phi) is 6.34. The van der Waals surface area contributed by atoms with Gasteiger partial charge in [-0.2, -0.15) is 11.8 Å². The van der Waals surface area contributed by atoms with Crippen LogP contribution in [0.2, 0.25) is 0 Å². The molecule has 1 nitrogen and oxygen atoms in total. The molecule has 0 heterocycles. The predicted molar refractivity (Wildman–Crippen MR) is 79.9 cm³/mol. The minimum atomic E-state index is -0.172. The van der Waals surface area contributed by atoms with Crippen LogP contribution in [-0.4, -0.2) is 25.1 Å². The maximum atomic E-state index is 13.2. The van der Waals surface area contributed by atoms with Gasteiger partial charge in [0.25, 0.3) is 0 Å². The van der Waals surface area contributed by atoms with Crippen molar-refractivity contribution >= 4 is 33.4 Å². The molecule has 0 aliphatic rings. The molecule has 0 amide bonds. The summed E-state index contributed by atoms with van der Waals surface area (Å²) in [6.45, 7) is 2.19. The number of nitrogens with zero attached hydrogens (tertiary/aromatic N) is 1. The van der Waals surface area contributed by atoms with Crippen molar-refractivity contribution in [3.63, 3.8) is 0 Å². The van der Waals surface area contributed by atoms with Crippen LogP contribution >= 0.6 is 27.7 Å². The number of alkyl halides is 1. The summed E-state index contributed by atoms with van der Waals surface area (Å²) in [5, 5.41) is 0.681. The van der Waals surface area contributed by atoms with E-state index in [0.29, 0.717) is 11.4 Å². The van der Waals surface area contributed by atoms with Crippen molar-refractivity contribution in [2.75, 3.05) is 24.0 Å². The van der Waals surface area contributed by atoms with Crippen molar-refractivity contribution in [3.8, 4) is 0 Å². The van der Waals surface area contributed by atoms with Crippen LogP contribution in [0.25, 0.3) is 0 Å². The van der Waals surface area contributed by atoms with Gasteiger partial charge in [-0.3, -0.25) is 0 Å². The topological polar surface area (TPSA) is 3.24 Å². The first kappa shape index (κ1) is 14.8. The fraction of sp³-hybridized carbons (Fsp3) is 0.538. The van der Waals surface area contributed by atoms with Crippen LogP contribution in [0.1, 0.15) is 18.9 Å². The molecule has 1 aromatic carbocycles. The van der Waals surface area contributed by atoms with E-state index in [1.807, 2.05) is 17.8 Å². The molecule has 1 aromatic rings. The van der Waals surface area contributed by atoms with Crippen LogP contribution in [0.5, 0.6) is 0 Å². The Morgan fingerprint density at radius 2 is 2.18 bits per heavy atom. The maximum Gasteiger partial charge on any atom is 0.123 e. The second-order valence-electron chi connectivity index (χ2n) is 4.03. The molecule has 0 aromatic heterocycles. The van der Waals surface area contributed by atoms with Gasteiger partial charge in [0, 0.05) is 29.9 Å². The van der Waals surface area contributed by atoms with E-state index in [9.17, 15) is 4.39 Å². The normalized spacial score (nSPS) is 12.5. The van der Waals surface area contributed by atoms with E-state index in [0.717, 1.165) is 23.4 Å². The van der Waals surface area contributed by atoms with Gasteiger partial charge in [-0.25, -0.2) is 4.39 Å². The van der Waals surface area contributed by atoms with E-state index >= 15 is 0 Å². The average Bonchev–Trinajstić information content (AvgIpc) is 2.34. The molecule has 0 bridgehead atoms. The van der Waals surface area contributed by atoms with Gasteiger partial charge in [-0.1, -0.05) is 22.9 Å². The highest BCUT2D eigenvalue weighted by Gasteiger charge is 2.15. The number of hydrogen-bond acceptors (Lipinski definition) is 2. The summed E-state index contributed by atoms with van der Waals surface area (Å²) in [5.41, 5.74) is 2.12. The molecule has 0 N–H and O–H groups in total. The van der Waals surface area contributed by atoms with Gasteiger partial charge >= 0.3 is 0 Å². The van der Waals surface area contributed by atoms with E-state index in [1.165, 1.54) is 6.07 Å². The van der Waals surface area contributed by atoms with Crippen molar-refractivity contribution in [2.24, 2.45) is 0 Å². The third kappa shape index (κ3) is 3.88. The molecule has 0 fully saturated rings. The molecule has 0 aliphatic carbocycles. The molecule has 0 saturated heterocycles. The Hall–Kier alpha value is -0.220. The monoisotopic (exact) mass is 319 g/mol. The fourth-order valence-corrected chi connectivity index (χ4v) is 3.19. The number of hydrogen-bond donors (Lipinski definition) is 0. The lowest BCUT2D eigenvalue weighted by Crippen LogP contribution is -2.33. The highest BCUT2D eigenvalue weighted by Crippen LogP contribution is 2.26. The lowest BCUT2D eigenvalue weighted by Gasteiger charge is -2.30. The Morgan fingerprint density at radius 3 is 2.71 bits per heavy atom. The van der Waals surface area contributed by atoms with Gasteiger partial charge in [0.05, 0.1) is 0 Å². The van der Waals surface area contributed by atoms with Crippen molar-refractivity contribution in [1.29, 1.82) is 0 Å². The molecule has 0 saturated carbocycles. The van der Waals surface area contributed by atoms with Crippen LogP contribution < -0.4 is 4.90 Å². The zero-order chi connectivity index (χ0) is 12.8. The molecule has 0 aliphatic heterocycles. The summed E-state index contributed by atoms with van der Waals surface area (Å²) < 4.78 is 13.2. The molecule has 1 atom stereocenters. The average molecular weight is 320 g/mol. The molecule has 4 heteroatoms. The Labute approximate surface area is 116 Å². The van der Waals surface area contributed by atoms with Gasteiger partial charge in [-0.15, -0.1) is 0 Å².